The first-order valence-electron chi connectivity index (χ1n) is 6.83. The molecule has 1 aromatic rings. The molecule has 0 amide bonds. The summed E-state index contributed by atoms with van der Waals surface area (Å²) in [6.45, 7) is 4.51. The van der Waals surface area contributed by atoms with Crippen LogP contribution in [0.3, 0.4) is 0 Å². The Labute approximate surface area is 120 Å². The predicted molar refractivity (Wildman–Crippen MR) is 78.9 cm³/mol. The summed E-state index contributed by atoms with van der Waals surface area (Å²) in [5.41, 5.74) is 0. The van der Waals surface area contributed by atoms with E-state index in [0.29, 0.717) is 13.2 Å². The van der Waals surface area contributed by atoms with Gasteiger partial charge in [-0.05, 0) is 6.42 Å². The Hall–Kier alpha value is -1.60. The second-order valence-electron chi connectivity index (χ2n) is 4.19. The maximum atomic E-state index is 5.38. The van der Waals surface area contributed by atoms with Gasteiger partial charge < -0.3 is 24.7 Å². The van der Waals surface area contributed by atoms with Crippen molar-refractivity contribution in [3.63, 3.8) is 0 Å². The molecule has 0 saturated heterocycles. The number of aliphatic imine (C=N–C) groups is 1. The normalized spacial score (nSPS) is 11.6. The van der Waals surface area contributed by atoms with E-state index in [1.807, 2.05) is 10.8 Å². The third-order valence-electron chi connectivity index (χ3n) is 2.63. The lowest BCUT2D eigenvalue weighted by atomic mass is 10.4. The first-order chi connectivity index (χ1) is 9.86. The highest BCUT2D eigenvalue weighted by Gasteiger charge is 1.97. The number of hydrogen-bond acceptors (Lipinski definition) is 4. The molecule has 7 heteroatoms. The summed E-state index contributed by atoms with van der Waals surface area (Å²) in [7, 11) is 3.44. The van der Waals surface area contributed by atoms with E-state index < -0.39 is 0 Å². The molecule has 0 aliphatic rings. The number of methoxy groups -OCH3 is 1. The van der Waals surface area contributed by atoms with Crippen molar-refractivity contribution in [3.8, 4) is 0 Å². The van der Waals surface area contributed by atoms with Crippen molar-refractivity contribution in [2.24, 2.45) is 4.99 Å². The molecular weight excluding hydrogens is 258 g/mol. The summed E-state index contributed by atoms with van der Waals surface area (Å²) >= 11 is 0. The maximum absolute atomic E-state index is 5.38. The molecule has 2 N–H and O–H groups in total. The van der Waals surface area contributed by atoms with Gasteiger partial charge in [-0.15, -0.1) is 0 Å². The van der Waals surface area contributed by atoms with Crippen molar-refractivity contribution in [3.05, 3.63) is 18.7 Å². The number of aromatic nitrogens is 2. The Bertz CT molecular complexity index is 354. The Balaban J connectivity index is 1.99. The molecule has 114 valence electrons. The molecule has 20 heavy (non-hydrogen) atoms. The van der Waals surface area contributed by atoms with E-state index in [0.717, 1.165) is 38.6 Å². The van der Waals surface area contributed by atoms with Gasteiger partial charge >= 0.3 is 0 Å². The monoisotopic (exact) mass is 283 g/mol. The molecule has 0 saturated carbocycles. The summed E-state index contributed by atoms with van der Waals surface area (Å²) in [5.74, 6) is 0.807. The number of imidazole rings is 1. The van der Waals surface area contributed by atoms with Crippen molar-refractivity contribution in [1.29, 1.82) is 0 Å². The number of nitrogens with one attached hydrogen (secondary N) is 2. The van der Waals surface area contributed by atoms with E-state index in [4.69, 9.17) is 9.47 Å². The van der Waals surface area contributed by atoms with Crippen LogP contribution < -0.4 is 10.6 Å². The summed E-state index contributed by atoms with van der Waals surface area (Å²) < 4.78 is 12.3. The van der Waals surface area contributed by atoms with Gasteiger partial charge in [0.05, 0.1) is 19.5 Å². The Kier molecular flexibility index (Phi) is 9.25. The fraction of sp³-hybridized carbons (Fsp3) is 0.692. The van der Waals surface area contributed by atoms with E-state index in [1.165, 1.54) is 0 Å². The molecule has 1 heterocycles. The highest BCUT2D eigenvalue weighted by atomic mass is 16.5. The highest BCUT2D eigenvalue weighted by Crippen LogP contribution is 1.84. The van der Waals surface area contributed by atoms with E-state index in [-0.39, 0.29) is 0 Å². The van der Waals surface area contributed by atoms with Gasteiger partial charge in [0.2, 0.25) is 0 Å². The Morgan fingerprint density at radius 2 is 2.10 bits per heavy atom. The van der Waals surface area contributed by atoms with Crippen LogP contribution in [-0.2, 0) is 16.0 Å². The molecule has 0 unspecified atom stereocenters. The van der Waals surface area contributed by atoms with E-state index in [9.17, 15) is 0 Å². The van der Waals surface area contributed by atoms with Crippen LogP contribution in [0.25, 0.3) is 0 Å². The zero-order valence-electron chi connectivity index (χ0n) is 12.3. The average molecular weight is 283 g/mol. The Morgan fingerprint density at radius 3 is 2.80 bits per heavy atom. The second kappa shape index (κ2) is 11.2. The molecule has 0 spiro atoms. The second-order valence-corrected chi connectivity index (χ2v) is 4.19. The van der Waals surface area contributed by atoms with Crippen LogP contribution in [0.1, 0.15) is 6.42 Å². The SMILES string of the molecule is CN=C(NCCCOCCOC)NCCn1ccnc1. The van der Waals surface area contributed by atoms with Crippen molar-refractivity contribution < 1.29 is 9.47 Å². The first-order valence-corrected chi connectivity index (χ1v) is 6.83. The summed E-state index contributed by atoms with van der Waals surface area (Å²) in [5, 5.41) is 6.49. The molecular formula is C13H25N5O2. The smallest absolute Gasteiger partial charge is 0.191 e. The maximum Gasteiger partial charge on any atom is 0.191 e. The van der Waals surface area contributed by atoms with E-state index in [2.05, 4.69) is 20.6 Å². The third kappa shape index (κ3) is 7.75. The lowest BCUT2D eigenvalue weighted by molar-refractivity contribution is 0.0698. The molecule has 0 aliphatic carbocycles. The fourth-order valence-electron chi connectivity index (χ4n) is 1.57. The number of nitrogens with zero attached hydrogens (tertiary/aromatic N) is 3. The van der Waals surface area contributed by atoms with Gasteiger partial charge in [-0.2, -0.15) is 0 Å². The third-order valence-corrected chi connectivity index (χ3v) is 2.63. The lowest BCUT2D eigenvalue weighted by Gasteiger charge is -2.12. The van der Waals surface area contributed by atoms with Crippen molar-refractivity contribution >= 4 is 5.96 Å². The van der Waals surface area contributed by atoms with Gasteiger partial charge in [0, 0.05) is 52.8 Å². The van der Waals surface area contributed by atoms with Gasteiger partial charge in [-0.3, -0.25) is 4.99 Å². The zero-order valence-corrected chi connectivity index (χ0v) is 12.3. The van der Waals surface area contributed by atoms with Crippen molar-refractivity contribution in [2.75, 3.05) is 47.1 Å². The summed E-state index contributed by atoms with van der Waals surface area (Å²) in [6, 6.07) is 0. The van der Waals surface area contributed by atoms with Crippen molar-refractivity contribution in [2.45, 2.75) is 13.0 Å². The minimum atomic E-state index is 0.644. The predicted octanol–water partition coefficient (Wildman–Crippen LogP) is 0.101. The highest BCUT2D eigenvalue weighted by molar-refractivity contribution is 5.79. The number of ether oxygens (including phenoxy) is 2. The quantitative estimate of drug-likeness (QED) is 0.362. The van der Waals surface area contributed by atoms with Gasteiger partial charge in [-0.1, -0.05) is 0 Å². The molecule has 0 aliphatic heterocycles. The Morgan fingerprint density at radius 1 is 1.25 bits per heavy atom. The molecule has 0 radical (unpaired) electrons. The molecule has 1 aromatic heterocycles. The van der Waals surface area contributed by atoms with Crippen LogP contribution in [0.2, 0.25) is 0 Å². The topological polar surface area (TPSA) is 72.7 Å². The minimum absolute atomic E-state index is 0.644. The number of hydrogen-bond donors (Lipinski definition) is 2. The van der Waals surface area contributed by atoms with Crippen LogP contribution in [-0.4, -0.2) is 62.6 Å². The molecule has 0 fully saturated rings. The standard InChI is InChI=1S/C13H25N5O2/c1-14-13(16-4-3-9-20-11-10-19-2)17-6-8-18-7-5-15-12-18/h5,7,12H,3-4,6,8-11H2,1-2H3,(H2,14,16,17). The molecule has 0 aromatic carbocycles. The van der Waals surface area contributed by atoms with Crippen LogP contribution in [0.4, 0.5) is 0 Å². The van der Waals surface area contributed by atoms with Crippen LogP contribution in [0.15, 0.2) is 23.7 Å². The molecule has 7 nitrogen and oxygen atoms in total. The van der Waals surface area contributed by atoms with Crippen LogP contribution in [0.5, 0.6) is 0 Å². The minimum Gasteiger partial charge on any atom is -0.382 e. The molecule has 0 bridgehead atoms. The van der Waals surface area contributed by atoms with Crippen molar-refractivity contribution in [1.82, 2.24) is 20.2 Å². The fourth-order valence-corrected chi connectivity index (χ4v) is 1.57. The summed E-state index contributed by atoms with van der Waals surface area (Å²) in [6.07, 6.45) is 6.45. The first kappa shape index (κ1) is 16.5. The molecule has 0 atom stereocenters. The van der Waals surface area contributed by atoms with E-state index >= 15 is 0 Å². The van der Waals surface area contributed by atoms with Gasteiger partial charge in [0.25, 0.3) is 0 Å². The average Bonchev–Trinajstić information content (AvgIpc) is 2.97. The van der Waals surface area contributed by atoms with E-state index in [1.54, 1.807) is 26.7 Å². The molecule has 1 rings (SSSR count). The zero-order chi connectivity index (χ0) is 14.5. The van der Waals surface area contributed by atoms with Gasteiger partial charge in [0.1, 0.15) is 0 Å². The lowest BCUT2D eigenvalue weighted by Crippen LogP contribution is -2.39. The number of guanidine groups is 1. The van der Waals surface area contributed by atoms with Crippen LogP contribution in [0, 0.1) is 0 Å². The van der Waals surface area contributed by atoms with Gasteiger partial charge in [-0.25, -0.2) is 4.98 Å². The van der Waals surface area contributed by atoms with Crippen LogP contribution >= 0.6 is 0 Å². The largest absolute Gasteiger partial charge is 0.382 e. The number of rotatable bonds is 10. The van der Waals surface area contributed by atoms with Gasteiger partial charge in [0.15, 0.2) is 5.96 Å². The summed E-state index contributed by atoms with van der Waals surface area (Å²) in [4.78, 5) is 8.16.